The Kier molecular flexibility index (Phi) is 3.57. The Hall–Kier alpha value is -1.68. The zero-order valence-electron chi connectivity index (χ0n) is 7.82. The van der Waals surface area contributed by atoms with Crippen LogP contribution in [-0.2, 0) is 4.74 Å². The van der Waals surface area contributed by atoms with E-state index in [4.69, 9.17) is 11.6 Å². The van der Waals surface area contributed by atoms with Crippen LogP contribution < -0.4 is 0 Å². The summed E-state index contributed by atoms with van der Waals surface area (Å²) in [5.74, 6) is -0.683. The molecular formula is C10H7ClO4. The highest BCUT2D eigenvalue weighted by Crippen LogP contribution is 2.13. The van der Waals surface area contributed by atoms with E-state index in [0.717, 1.165) is 0 Å². The molecule has 4 nitrogen and oxygen atoms in total. The van der Waals surface area contributed by atoms with Crippen molar-refractivity contribution in [3.63, 3.8) is 0 Å². The van der Waals surface area contributed by atoms with Gasteiger partial charge in [0.1, 0.15) is 0 Å². The molecule has 0 saturated carbocycles. The van der Waals surface area contributed by atoms with Gasteiger partial charge < -0.3 is 4.74 Å². The molecular weight excluding hydrogens is 220 g/mol. The van der Waals surface area contributed by atoms with Crippen molar-refractivity contribution >= 4 is 29.1 Å². The lowest BCUT2D eigenvalue weighted by molar-refractivity contribution is 0.0598. The van der Waals surface area contributed by atoms with Crippen LogP contribution in [0.5, 0.6) is 0 Å². The quantitative estimate of drug-likeness (QED) is 0.447. The summed E-state index contributed by atoms with van der Waals surface area (Å²) >= 11 is 5.24. The van der Waals surface area contributed by atoms with Gasteiger partial charge in [0.15, 0.2) is 6.29 Å². The maximum atomic E-state index is 11.2. The zero-order valence-corrected chi connectivity index (χ0v) is 8.58. The lowest BCUT2D eigenvalue weighted by Gasteiger charge is -2.03. The molecule has 1 aromatic carbocycles. The molecule has 1 aromatic rings. The average molecular weight is 227 g/mol. The number of carbonyl (C=O) groups excluding carboxylic acids is 3. The average Bonchev–Trinajstić information content (AvgIpc) is 2.27. The van der Waals surface area contributed by atoms with E-state index in [9.17, 15) is 14.4 Å². The summed E-state index contributed by atoms with van der Waals surface area (Å²) < 4.78 is 4.46. The van der Waals surface area contributed by atoms with Gasteiger partial charge in [-0.05, 0) is 23.7 Å². The van der Waals surface area contributed by atoms with Crippen molar-refractivity contribution in [1.29, 1.82) is 0 Å². The minimum absolute atomic E-state index is 0.0269. The predicted octanol–water partition coefficient (Wildman–Crippen LogP) is 1.66. The van der Waals surface area contributed by atoms with Crippen LogP contribution >= 0.6 is 11.6 Å². The molecule has 0 N–H and O–H groups in total. The minimum atomic E-state index is -0.697. The lowest BCUT2D eigenvalue weighted by atomic mass is 10.1. The van der Waals surface area contributed by atoms with Crippen LogP contribution in [0, 0.1) is 0 Å². The van der Waals surface area contributed by atoms with E-state index >= 15 is 0 Å². The molecule has 0 spiro atoms. The Balaban J connectivity index is 3.31. The number of methoxy groups -OCH3 is 1. The Bertz CT molecular complexity index is 425. The molecule has 0 aliphatic carbocycles. The number of benzene rings is 1. The monoisotopic (exact) mass is 226 g/mol. The van der Waals surface area contributed by atoms with Gasteiger partial charge in [-0.3, -0.25) is 9.59 Å². The summed E-state index contributed by atoms with van der Waals surface area (Å²) in [5, 5.41) is -0.697. The topological polar surface area (TPSA) is 60.4 Å². The number of aldehydes is 1. The standard InChI is InChI=1S/C10H7ClO4/c1-15-10(14)8-4-6(9(11)13)2-3-7(8)5-12/h2-5H,1H3. The van der Waals surface area contributed by atoms with Gasteiger partial charge in [0.2, 0.25) is 0 Å². The highest BCUT2D eigenvalue weighted by atomic mass is 35.5. The molecule has 0 heterocycles. The summed E-state index contributed by atoms with van der Waals surface area (Å²) in [4.78, 5) is 32.7. The smallest absolute Gasteiger partial charge is 0.338 e. The summed E-state index contributed by atoms with van der Waals surface area (Å²) in [6.07, 6.45) is 0.509. The summed E-state index contributed by atoms with van der Waals surface area (Å²) in [5.41, 5.74) is 0.324. The van der Waals surface area contributed by atoms with Crippen LogP contribution in [0.1, 0.15) is 31.1 Å². The minimum Gasteiger partial charge on any atom is -0.465 e. The second kappa shape index (κ2) is 4.70. The van der Waals surface area contributed by atoms with Gasteiger partial charge in [0.25, 0.3) is 5.24 Å². The first-order valence-corrected chi connectivity index (χ1v) is 4.35. The van der Waals surface area contributed by atoms with Crippen LogP contribution in [0.15, 0.2) is 18.2 Å². The second-order valence-corrected chi connectivity index (χ2v) is 3.03. The first kappa shape index (κ1) is 11.4. The third-order valence-electron chi connectivity index (χ3n) is 1.81. The van der Waals surface area contributed by atoms with Crippen molar-refractivity contribution in [2.24, 2.45) is 0 Å². The van der Waals surface area contributed by atoms with Crippen LogP contribution in [0.2, 0.25) is 0 Å². The molecule has 0 radical (unpaired) electrons. The largest absolute Gasteiger partial charge is 0.465 e. The molecule has 0 aliphatic heterocycles. The number of ether oxygens (including phenoxy) is 1. The van der Waals surface area contributed by atoms with Gasteiger partial charge in [0, 0.05) is 11.1 Å². The highest BCUT2D eigenvalue weighted by molar-refractivity contribution is 6.67. The lowest BCUT2D eigenvalue weighted by Crippen LogP contribution is -2.07. The summed E-state index contributed by atoms with van der Waals surface area (Å²) in [6.45, 7) is 0. The van der Waals surface area contributed by atoms with Crippen molar-refractivity contribution in [3.8, 4) is 0 Å². The van der Waals surface area contributed by atoms with Gasteiger partial charge in [-0.1, -0.05) is 6.07 Å². The third-order valence-corrected chi connectivity index (χ3v) is 2.03. The van der Waals surface area contributed by atoms with E-state index in [0.29, 0.717) is 6.29 Å². The molecule has 0 saturated heterocycles. The normalized spacial score (nSPS) is 9.47. The van der Waals surface area contributed by atoms with E-state index in [1.54, 1.807) is 0 Å². The fourth-order valence-electron chi connectivity index (χ4n) is 1.07. The molecule has 0 fully saturated rings. The van der Waals surface area contributed by atoms with E-state index in [1.807, 2.05) is 0 Å². The summed E-state index contributed by atoms with van der Waals surface area (Å²) in [7, 11) is 1.19. The van der Waals surface area contributed by atoms with Gasteiger partial charge >= 0.3 is 5.97 Å². The van der Waals surface area contributed by atoms with Gasteiger partial charge in [-0.15, -0.1) is 0 Å². The SMILES string of the molecule is COC(=O)c1cc(C(=O)Cl)ccc1C=O. The molecule has 15 heavy (non-hydrogen) atoms. The first-order chi connectivity index (χ1) is 7.10. The molecule has 0 unspecified atom stereocenters. The van der Waals surface area contributed by atoms with Gasteiger partial charge in [0.05, 0.1) is 12.7 Å². The number of carbonyl (C=O) groups is 3. The Morgan fingerprint density at radius 2 is 2.07 bits per heavy atom. The van der Waals surface area contributed by atoms with Crippen LogP contribution in [0.25, 0.3) is 0 Å². The number of hydrogen-bond acceptors (Lipinski definition) is 4. The van der Waals surface area contributed by atoms with Crippen molar-refractivity contribution in [3.05, 3.63) is 34.9 Å². The maximum absolute atomic E-state index is 11.2. The number of rotatable bonds is 3. The fraction of sp³-hybridized carbons (Fsp3) is 0.100. The number of esters is 1. The highest BCUT2D eigenvalue weighted by Gasteiger charge is 2.14. The van der Waals surface area contributed by atoms with E-state index in [1.165, 1.54) is 25.3 Å². The number of hydrogen-bond donors (Lipinski definition) is 0. The summed E-state index contributed by atoms with van der Waals surface area (Å²) in [6, 6.07) is 3.94. The van der Waals surface area contributed by atoms with E-state index in [-0.39, 0.29) is 16.7 Å². The van der Waals surface area contributed by atoms with Crippen molar-refractivity contribution in [2.45, 2.75) is 0 Å². The molecule has 0 amide bonds. The third kappa shape index (κ3) is 2.41. The van der Waals surface area contributed by atoms with Crippen LogP contribution in [0.3, 0.4) is 0 Å². The predicted molar refractivity (Wildman–Crippen MR) is 53.4 cm³/mol. The Labute approximate surface area is 90.8 Å². The van der Waals surface area contributed by atoms with Crippen molar-refractivity contribution in [2.75, 3.05) is 7.11 Å². The van der Waals surface area contributed by atoms with Crippen LogP contribution in [0.4, 0.5) is 0 Å². The van der Waals surface area contributed by atoms with Crippen molar-refractivity contribution in [1.82, 2.24) is 0 Å². The molecule has 0 aliphatic rings. The van der Waals surface area contributed by atoms with E-state index in [2.05, 4.69) is 4.74 Å². The Morgan fingerprint density at radius 3 is 2.53 bits per heavy atom. The molecule has 5 heteroatoms. The fourth-order valence-corrected chi connectivity index (χ4v) is 1.19. The molecule has 0 bridgehead atoms. The molecule has 1 rings (SSSR count). The molecule has 0 aromatic heterocycles. The maximum Gasteiger partial charge on any atom is 0.338 e. The first-order valence-electron chi connectivity index (χ1n) is 3.97. The number of halogens is 1. The van der Waals surface area contributed by atoms with E-state index < -0.39 is 11.2 Å². The molecule has 78 valence electrons. The molecule has 0 atom stereocenters. The van der Waals surface area contributed by atoms with Crippen molar-refractivity contribution < 1.29 is 19.1 Å². The Morgan fingerprint density at radius 1 is 1.40 bits per heavy atom. The van der Waals surface area contributed by atoms with Gasteiger partial charge in [-0.25, -0.2) is 4.79 Å². The van der Waals surface area contributed by atoms with Crippen LogP contribution in [-0.4, -0.2) is 24.6 Å². The zero-order chi connectivity index (χ0) is 11.4. The van der Waals surface area contributed by atoms with Gasteiger partial charge in [-0.2, -0.15) is 0 Å². The second-order valence-electron chi connectivity index (χ2n) is 2.69.